The number of nitrogens with zero attached hydrogens (tertiary/aromatic N) is 1. The summed E-state index contributed by atoms with van der Waals surface area (Å²) in [6, 6.07) is 2.74. The van der Waals surface area contributed by atoms with Gasteiger partial charge in [0.15, 0.2) is 11.6 Å². The molecule has 2 aliphatic heterocycles. The fraction of sp³-hybridized carbons (Fsp3) is 0.533. The van der Waals surface area contributed by atoms with Gasteiger partial charge >= 0.3 is 0 Å². The van der Waals surface area contributed by atoms with Crippen LogP contribution >= 0.6 is 11.6 Å². The van der Waals surface area contributed by atoms with E-state index in [1.54, 1.807) is 11.9 Å². The molecule has 3 rings (SSSR count). The number of hydrogen-bond donors (Lipinski definition) is 1. The summed E-state index contributed by atoms with van der Waals surface area (Å²) in [4.78, 5) is 14.1. The number of amides is 1. The van der Waals surface area contributed by atoms with Crippen LogP contribution in [0.2, 0.25) is 5.02 Å². The van der Waals surface area contributed by atoms with Crippen molar-refractivity contribution in [1.29, 1.82) is 0 Å². The summed E-state index contributed by atoms with van der Waals surface area (Å²) in [7, 11) is 1.70. The highest BCUT2D eigenvalue weighted by atomic mass is 35.5. The van der Waals surface area contributed by atoms with Gasteiger partial charge in [-0.15, -0.1) is 0 Å². The van der Waals surface area contributed by atoms with Gasteiger partial charge in [-0.3, -0.25) is 4.79 Å². The van der Waals surface area contributed by atoms with Crippen LogP contribution in [0.4, 0.5) is 8.78 Å². The van der Waals surface area contributed by atoms with Gasteiger partial charge in [0.05, 0.1) is 10.6 Å². The molecule has 1 aromatic rings. The van der Waals surface area contributed by atoms with Crippen LogP contribution in [0.3, 0.4) is 0 Å². The standard InChI is InChI=1S/C15H17ClF2N2O/c1-20(10-4-8-2-3-9(5-10)19-8)15(21)11-6-13(17)14(18)7-12(11)16/h6-10,19H,2-5H2,1H3. The van der Waals surface area contributed by atoms with Crippen LogP contribution < -0.4 is 5.32 Å². The van der Waals surface area contributed by atoms with Gasteiger partial charge < -0.3 is 10.2 Å². The first kappa shape index (κ1) is 14.7. The predicted molar refractivity (Wildman–Crippen MR) is 76.4 cm³/mol. The van der Waals surface area contributed by atoms with Crippen molar-refractivity contribution in [2.75, 3.05) is 7.05 Å². The first-order valence-electron chi connectivity index (χ1n) is 7.13. The number of benzene rings is 1. The minimum Gasteiger partial charge on any atom is -0.339 e. The molecule has 2 heterocycles. The van der Waals surface area contributed by atoms with Crippen LogP contribution in [0.15, 0.2) is 12.1 Å². The van der Waals surface area contributed by atoms with Gasteiger partial charge in [-0.05, 0) is 37.8 Å². The van der Waals surface area contributed by atoms with E-state index in [1.807, 2.05) is 0 Å². The summed E-state index contributed by atoms with van der Waals surface area (Å²) in [5.74, 6) is -2.45. The molecule has 0 saturated carbocycles. The highest BCUT2D eigenvalue weighted by molar-refractivity contribution is 6.33. The lowest BCUT2D eigenvalue weighted by molar-refractivity contribution is 0.0681. The van der Waals surface area contributed by atoms with Crippen molar-refractivity contribution in [2.45, 2.75) is 43.8 Å². The molecule has 3 nitrogen and oxygen atoms in total. The Morgan fingerprint density at radius 3 is 2.43 bits per heavy atom. The molecule has 1 aromatic carbocycles. The predicted octanol–water partition coefficient (Wildman–Crippen LogP) is 2.97. The molecule has 0 aliphatic carbocycles. The Balaban J connectivity index is 1.80. The van der Waals surface area contributed by atoms with Crippen molar-refractivity contribution < 1.29 is 13.6 Å². The third-order valence-electron chi connectivity index (χ3n) is 4.56. The van der Waals surface area contributed by atoms with Crippen LogP contribution in [0, 0.1) is 11.6 Å². The van der Waals surface area contributed by atoms with Crippen molar-refractivity contribution in [1.82, 2.24) is 10.2 Å². The Kier molecular flexibility index (Phi) is 3.88. The van der Waals surface area contributed by atoms with Crippen LogP contribution in [0.5, 0.6) is 0 Å². The summed E-state index contributed by atoms with van der Waals surface area (Å²) in [6.07, 6.45) is 4.05. The van der Waals surface area contributed by atoms with Crippen molar-refractivity contribution in [3.63, 3.8) is 0 Å². The fourth-order valence-corrected chi connectivity index (χ4v) is 3.62. The molecular weight excluding hydrogens is 298 g/mol. The van der Waals surface area contributed by atoms with E-state index in [1.165, 1.54) is 0 Å². The number of carbonyl (C=O) groups excluding carboxylic acids is 1. The molecule has 2 aliphatic rings. The average Bonchev–Trinajstić information content (AvgIpc) is 2.79. The first-order valence-corrected chi connectivity index (χ1v) is 7.51. The molecule has 2 saturated heterocycles. The monoisotopic (exact) mass is 314 g/mol. The summed E-state index contributed by atoms with van der Waals surface area (Å²) in [6.45, 7) is 0. The first-order chi connectivity index (χ1) is 9.95. The SMILES string of the molecule is CN(C(=O)c1cc(F)c(F)cc1Cl)C1CC2CCC(C1)N2. The number of fused-ring (bicyclic) bond motifs is 2. The van der Waals surface area contributed by atoms with E-state index in [4.69, 9.17) is 11.6 Å². The van der Waals surface area contributed by atoms with Crippen molar-refractivity contribution in [3.8, 4) is 0 Å². The van der Waals surface area contributed by atoms with Gasteiger partial charge in [0.1, 0.15) is 0 Å². The molecule has 1 amide bonds. The number of rotatable bonds is 2. The second-order valence-corrected chi connectivity index (χ2v) is 6.33. The van der Waals surface area contributed by atoms with E-state index in [0.717, 1.165) is 37.8 Å². The van der Waals surface area contributed by atoms with E-state index >= 15 is 0 Å². The molecular formula is C15H17ClF2N2O. The van der Waals surface area contributed by atoms with E-state index in [2.05, 4.69) is 5.32 Å². The smallest absolute Gasteiger partial charge is 0.255 e. The number of piperidine rings is 1. The number of carbonyl (C=O) groups is 1. The Morgan fingerprint density at radius 1 is 1.24 bits per heavy atom. The minimum absolute atomic E-state index is 0.0175. The maximum atomic E-state index is 13.3. The second-order valence-electron chi connectivity index (χ2n) is 5.93. The molecule has 2 unspecified atom stereocenters. The largest absolute Gasteiger partial charge is 0.339 e. The molecule has 0 aromatic heterocycles. The van der Waals surface area contributed by atoms with Crippen LogP contribution in [0.1, 0.15) is 36.0 Å². The molecule has 1 N–H and O–H groups in total. The Bertz CT molecular complexity index is 569. The zero-order valence-corrected chi connectivity index (χ0v) is 12.5. The molecule has 6 heteroatoms. The molecule has 2 atom stereocenters. The number of halogens is 3. The highest BCUT2D eigenvalue weighted by Gasteiger charge is 2.36. The number of nitrogens with one attached hydrogen (secondary N) is 1. The third kappa shape index (κ3) is 2.77. The van der Waals surface area contributed by atoms with E-state index < -0.39 is 11.6 Å². The Labute approximate surface area is 127 Å². The van der Waals surface area contributed by atoms with Gasteiger partial charge in [-0.25, -0.2) is 8.78 Å². The highest BCUT2D eigenvalue weighted by Crippen LogP contribution is 2.30. The van der Waals surface area contributed by atoms with Crippen molar-refractivity contribution >= 4 is 17.5 Å². The van der Waals surface area contributed by atoms with Gasteiger partial charge in [0.2, 0.25) is 0 Å². The van der Waals surface area contributed by atoms with E-state index in [-0.39, 0.29) is 22.5 Å². The summed E-state index contributed by atoms with van der Waals surface area (Å²) < 4.78 is 26.4. The Hall–Kier alpha value is -1.20. The van der Waals surface area contributed by atoms with Crippen molar-refractivity contribution in [3.05, 3.63) is 34.4 Å². The zero-order valence-electron chi connectivity index (χ0n) is 11.7. The Morgan fingerprint density at radius 2 is 1.81 bits per heavy atom. The lowest BCUT2D eigenvalue weighted by Gasteiger charge is -2.35. The summed E-state index contributed by atoms with van der Waals surface area (Å²) in [5.41, 5.74) is 0.0175. The minimum atomic E-state index is -1.05. The molecule has 21 heavy (non-hydrogen) atoms. The zero-order chi connectivity index (χ0) is 15.1. The lowest BCUT2D eigenvalue weighted by atomic mass is 9.98. The van der Waals surface area contributed by atoms with Crippen LogP contribution in [0.25, 0.3) is 0 Å². The van der Waals surface area contributed by atoms with Gasteiger partial charge in [0, 0.05) is 25.2 Å². The quantitative estimate of drug-likeness (QED) is 0.851. The van der Waals surface area contributed by atoms with Gasteiger partial charge in [-0.2, -0.15) is 0 Å². The normalized spacial score (nSPS) is 27.7. The summed E-state index contributed by atoms with van der Waals surface area (Å²) in [5, 5.41) is 3.46. The van der Waals surface area contributed by atoms with E-state index in [0.29, 0.717) is 12.1 Å². The molecule has 0 radical (unpaired) electrons. The van der Waals surface area contributed by atoms with Crippen LogP contribution in [-0.4, -0.2) is 36.0 Å². The lowest BCUT2D eigenvalue weighted by Crippen LogP contribution is -2.48. The molecule has 2 bridgehead atoms. The maximum absolute atomic E-state index is 13.3. The van der Waals surface area contributed by atoms with Gasteiger partial charge in [-0.1, -0.05) is 11.6 Å². The molecule has 0 spiro atoms. The van der Waals surface area contributed by atoms with E-state index in [9.17, 15) is 13.6 Å². The number of hydrogen-bond acceptors (Lipinski definition) is 2. The third-order valence-corrected chi connectivity index (χ3v) is 4.87. The molecule has 2 fully saturated rings. The molecule has 114 valence electrons. The topological polar surface area (TPSA) is 32.3 Å². The van der Waals surface area contributed by atoms with Crippen molar-refractivity contribution in [2.24, 2.45) is 0 Å². The second kappa shape index (κ2) is 5.54. The van der Waals surface area contributed by atoms with Gasteiger partial charge in [0.25, 0.3) is 5.91 Å². The van der Waals surface area contributed by atoms with Crippen LogP contribution in [-0.2, 0) is 0 Å². The summed E-state index contributed by atoms with van der Waals surface area (Å²) >= 11 is 5.88. The average molecular weight is 315 g/mol. The fourth-order valence-electron chi connectivity index (χ4n) is 3.39. The maximum Gasteiger partial charge on any atom is 0.255 e.